The second-order valence-corrected chi connectivity index (χ2v) is 6.59. The Morgan fingerprint density at radius 1 is 0.857 bits per heavy atom. The molecule has 12 nitrogen and oxygen atoms in total. The largest absolute Gasteiger partial charge is 0.481 e. The van der Waals surface area contributed by atoms with Gasteiger partial charge in [0.25, 0.3) is 0 Å². The molecule has 4 atom stereocenters. The van der Waals surface area contributed by atoms with Crippen LogP contribution in [-0.2, 0) is 24.0 Å². The van der Waals surface area contributed by atoms with Gasteiger partial charge < -0.3 is 37.0 Å². The van der Waals surface area contributed by atoms with Crippen molar-refractivity contribution in [3.63, 3.8) is 0 Å². The van der Waals surface area contributed by atoms with Crippen molar-refractivity contribution in [1.82, 2.24) is 16.0 Å². The highest BCUT2D eigenvalue weighted by atomic mass is 16.4. The van der Waals surface area contributed by atoms with E-state index < -0.39 is 72.8 Å². The van der Waals surface area contributed by atoms with Gasteiger partial charge >= 0.3 is 11.9 Å². The molecule has 0 aliphatic rings. The number of carbonyl (C=O) groups excluding carboxylic acids is 3. The predicted molar refractivity (Wildman–Crippen MR) is 95.9 cm³/mol. The van der Waals surface area contributed by atoms with Crippen molar-refractivity contribution in [2.45, 2.75) is 57.8 Å². The van der Waals surface area contributed by atoms with Gasteiger partial charge in [0.05, 0.1) is 12.6 Å². The Balaban J connectivity index is 5.30. The number of carbonyl (C=O) groups is 5. The lowest BCUT2D eigenvalue weighted by Gasteiger charge is -2.26. The van der Waals surface area contributed by atoms with Gasteiger partial charge in [0.1, 0.15) is 18.1 Å². The zero-order valence-electron chi connectivity index (χ0n) is 16.0. The summed E-state index contributed by atoms with van der Waals surface area (Å²) in [6, 6.07) is -4.92. The van der Waals surface area contributed by atoms with Crippen LogP contribution in [0.1, 0.15) is 33.6 Å². The zero-order valence-corrected chi connectivity index (χ0v) is 16.0. The molecule has 0 spiro atoms. The zero-order chi connectivity index (χ0) is 22.0. The van der Waals surface area contributed by atoms with Crippen LogP contribution >= 0.6 is 0 Å². The molecule has 0 aliphatic carbocycles. The fourth-order valence-electron chi connectivity index (χ4n) is 2.08. The monoisotopic (exact) mass is 404 g/mol. The van der Waals surface area contributed by atoms with E-state index in [9.17, 15) is 24.0 Å². The van der Waals surface area contributed by atoms with Crippen LogP contribution in [0.25, 0.3) is 0 Å². The fraction of sp³-hybridized carbons (Fsp3) is 0.688. The maximum Gasteiger partial charge on any atom is 0.328 e. The number of aliphatic hydroxyl groups is 1. The van der Waals surface area contributed by atoms with Gasteiger partial charge in [-0.15, -0.1) is 0 Å². The molecule has 28 heavy (non-hydrogen) atoms. The molecule has 0 saturated carbocycles. The van der Waals surface area contributed by atoms with Crippen LogP contribution < -0.4 is 21.7 Å². The van der Waals surface area contributed by atoms with E-state index in [2.05, 4.69) is 16.0 Å². The first-order valence-electron chi connectivity index (χ1n) is 8.62. The van der Waals surface area contributed by atoms with Crippen LogP contribution in [0.4, 0.5) is 0 Å². The van der Waals surface area contributed by atoms with Gasteiger partial charge in [0, 0.05) is 6.42 Å². The summed E-state index contributed by atoms with van der Waals surface area (Å²) in [4.78, 5) is 58.3. The summed E-state index contributed by atoms with van der Waals surface area (Å²) in [5.41, 5.74) is 5.43. The number of aliphatic carboxylic acids is 2. The quantitative estimate of drug-likeness (QED) is 0.181. The Kier molecular flexibility index (Phi) is 10.7. The van der Waals surface area contributed by atoms with Crippen LogP contribution in [0.5, 0.6) is 0 Å². The highest BCUT2D eigenvalue weighted by Crippen LogP contribution is 2.06. The van der Waals surface area contributed by atoms with E-state index in [4.69, 9.17) is 21.1 Å². The lowest BCUT2D eigenvalue weighted by atomic mass is 10.0. The van der Waals surface area contributed by atoms with Gasteiger partial charge in [-0.3, -0.25) is 19.2 Å². The summed E-state index contributed by atoms with van der Waals surface area (Å²) in [5, 5.41) is 33.5. The Morgan fingerprint density at radius 2 is 1.39 bits per heavy atom. The number of nitrogens with two attached hydrogens (primary N) is 1. The van der Waals surface area contributed by atoms with Crippen molar-refractivity contribution < 1.29 is 39.3 Å². The minimum Gasteiger partial charge on any atom is -0.481 e. The fourth-order valence-corrected chi connectivity index (χ4v) is 2.08. The van der Waals surface area contributed by atoms with Gasteiger partial charge in [0.2, 0.25) is 17.7 Å². The van der Waals surface area contributed by atoms with Gasteiger partial charge in [0.15, 0.2) is 0 Å². The van der Waals surface area contributed by atoms with E-state index in [1.54, 1.807) is 13.8 Å². The van der Waals surface area contributed by atoms with Gasteiger partial charge in [-0.2, -0.15) is 0 Å². The van der Waals surface area contributed by atoms with E-state index in [-0.39, 0.29) is 6.42 Å². The molecule has 0 bridgehead atoms. The average molecular weight is 404 g/mol. The average Bonchev–Trinajstić information content (AvgIpc) is 2.59. The molecule has 0 aromatic carbocycles. The van der Waals surface area contributed by atoms with Crippen molar-refractivity contribution in [3.8, 4) is 0 Å². The Morgan fingerprint density at radius 3 is 1.79 bits per heavy atom. The van der Waals surface area contributed by atoms with E-state index in [0.29, 0.717) is 0 Å². The summed E-state index contributed by atoms with van der Waals surface area (Å²) in [6.07, 6.45) is -0.651. The third-order valence-corrected chi connectivity index (χ3v) is 3.74. The number of carboxylic acids is 2. The molecule has 0 saturated heterocycles. The smallest absolute Gasteiger partial charge is 0.328 e. The van der Waals surface area contributed by atoms with Crippen LogP contribution in [0.2, 0.25) is 0 Å². The maximum atomic E-state index is 12.5. The number of rotatable bonds is 12. The highest BCUT2D eigenvalue weighted by molar-refractivity contribution is 5.94. The van der Waals surface area contributed by atoms with Crippen molar-refractivity contribution in [1.29, 1.82) is 0 Å². The summed E-state index contributed by atoms with van der Waals surface area (Å²) in [6.45, 7) is 3.72. The molecule has 0 rings (SSSR count). The topological polar surface area (TPSA) is 208 Å². The van der Waals surface area contributed by atoms with Gasteiger partial charge in [-0.05, 0) is 19.3 Å². The first-order chi connectivity index (χ1) is 12.9. The van der Waals surface area contributed by atoms with Crippen molar-refractivity contribution in [2.24, 2.45) is 11.7 Å². The molecular weight excluding hydrogens is 376 g/mol. The second kappa shape index (κ2) is 11.9. The molecule has 0 aliphatic heterocycles. The van der Waals surface area contributed by atoms with Crippen LogP contribution in [0.3, 0.4) is 0 Å². The van der Waals surface area contributed by atoms with E-state index in [1.165, 1.54) is 6.92 Å². The summed E-state index contributed by atoms with van der Waals surface area (Å²) < 4.78 is 0. The SMILES string of the molecule is CC(N)C(=O)NC(CCC(=O)O)C(=O)NC(C(=O)NC(CO)C(=O)O)C(C)C. The van der Waals surface area contributed by atoms with Crippen LogP contribution in [0, 0.1) is 5.92 Å². The number of hydrogen-bond donors (Lipinski definition) is 7. The maximum absolute atomic E-state index is 12.5. The molecule has 8 N–H and O–H groups in total. The minimum atomic E-state index is -1.55. The lowest BCUT2D eigenvalue weighted by Crippen LogP contribution is -2.58. The third kappa shape index (κ3) is 8.77. The first kappa shape index (κ1) is 25.3. The summed E-state index contributed by atoms with van der Waals surface area (Å²) in [5.74, 6) is -5.45. The van der Waals surface area contributed by atoms with Crippen molar-refractivity contribution >= 4 is 29.7 Å². The molecule has 0 radical (unpaired) electrons. The molecule has 160 valence electrons. The minimum absolute atomic E-state index is 0.236. The number of aliphatic hydroxyl groups excluding tert-OH is 1. The molecule has 0 aromatic heterocycles. The predicted octanol–water partition coefficient (Wildman–Crippen LogP) is -2.61. The standard InChI is InChI=1S/C16H28N4O8/c1-7(2)12(15(26)19-10(6-21)16(27)28)20-14(25)9(4-5-11(22)23)18-13(24)8(3)17/h7-10,12,21H,4-6,17H2,1-3H3,(H,18,24)(H,19,26)(H,20,25)(H,22,23)(H,27,28). The normalized spacial score (nSPS) is 15.1. The summed E-state index contributed by atoms with van der Waals surface area (Å²) >= 11 is 0. The molecule has 0 fully saturated rings. The molecule has 3 amide bonds. The number of amides is 3. The van der Waals surface area contributed by atoms with E-state index >= 15 is 0 Å². The first-order valence-corrected chi connectivity index (χ1v) is 8.62. The second-order valence-electron chi connectivity index (χ2n) is 6.59. The van der Waals surface area contributed by atoms with Gasteiger partial charge in [-0.1, -0.05) is 13.8 Å². The molecule has 4 unspecified atom stereocenters. The summed E-state index contributed by atoms with van der Waals surface area (Å²) in [7, 11) is 0. The van der Waals surface area contributed by atoms with Crippen molar-refractivity contribution in [3.05, 3.63) is 0 Å². The molecule has 12 heteroatoms. The molecule has 0 aromatic rings. The molecular formula is C16H28N4O8. The Hall–Kier alpha value is -2.73. The Bertz CT molecular complexity index is 593. The van der Waals surface area contributed by atoms with Gasteiger partial charge in [-0.25, -0.2) is 4.79 Å². The number of nitrogens with one attached hydrogen (secondary N) is 3. The number of carboxylic acid groups (broad SMARTS) is 2. The highest BCUT2D eigenvalue weighted by Gasteiger charge is 2.31. The van der Waals surface area contributed by atoms with E-state index in [0.717, 1.165) is 0 Å². The van der Waals surface area contributed by atoms with Crippen LogP contribution in [-0.4, -0.2) is 75.8 Å². The Labute approximate surface area is 161 Å². The number of hydrogen-bond acceptors (Lipinski definition) is 7. The van der Waals surface area contributed by atoms with Crippen molar-refractivity contribution in [2.75, 3.05) is 6.61 Å². The lowest BCUT2D eigenvalue weighted by molar-refractivity contribution is -0.143. The van der Waals surface area contributed by atoms with Crippen LogP contribution in [0.15, 0.2) is 0 Å². The molecule has 0 heterocycles. The third-order valence-electron chi connectivity index (χ3n) is 3.74. The van der Waals surface area contributed by atoms with E-state index in [1.807, 2.05) is 0 Å².